The highest BCUT2D eigenvalue weighted by atomic mass is 32.2. The first-order valence-electron chi connectivity index (χ1n) is 10.1. The highest BCUT2D eigenvalue weighted by Crippen LogP contribution is 2.35. The molecule has 0 saturated heterocycles. The van der Waals surface area contributed by atoms with Crippen LogP contribution in [0.3, 0.4) is 0 Å². The van der Waals surface area contributed by atoms with Crippen molar-refractivity contribution < 1.29 is 22.4 Å². The second-order valence-corrected chi connectivity index (χ2v) is 9.23. The molecule has 5 atom stereocenters. The van der Waals surface area contributed by atoms with Gasteiger partial charge in [0.25, 0.3) is 0 Å². The Morgan fingerprint density at radius 3 is 2.68 bits per heavy atom. The SMILES string of the molecule is CO[C@H]1Cc2ccccc2C1Nc1cc(N[C@@H]2C[C@@H](COS(N)(=O)=O)[C@@H](O)C2)ncn1. The van der Waals surface area contributed by atoms with Crippen LogP contribution in [0.2, 0.25) is 0 Å². The predicted molar refractivity (Wildman–Crippen MR) is 115 cm³/mol. The van der Waals surface area contributed by atoms with Crippen molar-refractivity contribution in [1.82, 2.24) is 9.97 Å². The lowest BCUT2D eigenvalue weighted by Gasteiger charge is -2.22. The lowest BCUT2D eigenvalue weighted by atomic mass is 10.1. The Labute approximate surface area is 181 Å². The Morgan fingerprint density at radius 1 is 1.19 bits per heavy atom. The Morgan fingerprint density at radius 2 is 1.94 bits per heavy atom. The van der Waals surface area contributed by atoms with Crippen molar-refractivity contribution in [1.29, 1.82) is 0 Å². The molecule has 0 bridgehead atoms. The summed E-state index contributed by atoms with van der Waals surface area (Å²) in [6, 6.07) is 9.96. The molecule has 2 aromatic rings. The van der Waals surface area contributed by atoms with E-state index >= 15 is 0 Å². The smallest absolute Gasteiger partial charge is 0.333 e. The zero-order chi connectivity index (χ0) is 22.0. The number of aromatic nitrogens is 2. The molecule has 5 N–H and O–H groups in total. The van der Waals surface area contributed by atoms with Crippen molar-refractivity contribution in [3.8, 4) is 0 Å². The fraction of sp³-hybridized carbons (Fsp3) is 0.500. The van der Waals surface area contributed by atoms with Crippen LogP contribution in [0.5, 0.6) is 0 Å². The van der Waals surface area contributed by atoms with Gasteiger partial charge in [-0.25, -0.2) is 15.1 Å². The van der Waals surface area contributed by atoms with Gasteiger partial charge in [0.05, 0.1) is 24.9 Å². The molecule has 4 rings (SSSR count). The van der Waals surface area contributed by atoms with E-state index in [1.807, 2.05) is 18.2 Å². The van der Waals surface area contributed by atoms with Gasteiger partial charge in [-0.2, -0.15) is 8.42 Å². The third-order valence-corrected chi connectivity index (χ3v) is 6.38. The number of fused-ring (bicyclic) bond motifs is 1. The van der Waals surface area contributed by atoms with Gasteiger partial charge in [0, 0.05) is 31.6 Å². The van der Waals surface area contributed by atoms with Crippen molar-refractivity contribution in [3.05, 3.63) is 47.8 Å². The summed E-state index contributed by atoms with van der Waals surface area (Å²) in [5, 5.41) is 21.8. The summed E-state index contributed by atoms with van der Waals surface area (Å²) in [6.45, 7) is -0.145. The molecule has 2 aliphatic rings. The van der Waals surface area contributed by atoms with Gasteiger partial charge in [-0.1, -0.05) is 24.3 Å². The number of ether oxygens (including phenoxy) is 1. The zero-order valence-corrected chi connectivity index (χ0v) is 18.0. The summed E-state index contributed by atoms with van der Waals surface area (Å²) < 4.78 is 32.3. The average Bonchev–Trinajstić information content (AvgIpc) is 3.26. The number of anilines is 2. The second-order valence-electron chi connectivity index (χ2n) is 8.00. The van der Waals surface area contributed by atoms with Gasteiger partial charge >= 0.3 is 10.3 Å². The van der Waals surface area contributed by atoms with E-state index in [4.69, 9.17) is 9.88 Å². The quantitative estimate of drug-likeness (QED) is 0.462. The van der Waals surface area contributed by atoms with Crippen LogP contribution in [-0.2, 0) is 25.6 Å². The van der Waals surface area contributed by atoms with Gasteiger partial charge in [0.15, 0.2) is 0 Å². The molecule has 1 heterocycles. The van der Waals surface area contributed by atoms with Crippen molar-refractivity contribution in [2.75, 3.05) is 24.4 Å². The van der Waals surface area contributed by atoms with Crippen molar-refractivity contribution in [2.24, 2.45) is 11.1 Å². The maximum Gasteiger partial charge on any atom is 0.333 e. The summed E-state index contributed by atoms with van der Waals surface area (Å²) >= 11 is 0. The predicted octanol–water partition coefficient (Wildman–Crippen LogP) is 0.972. The number of nitrogens with one attached hydrogen (secondary N) is 2. The van der Waals surface area contributed by atoms with E-state index in [2.05, 4.69) is 36.9 Å². The third-order valence-electron chi connectivity index (χ3n) is 5.91. The van der Waals surface area contributed by atoms with E-state index in [-0.39, 0.29) is 30.7 Å². The van der Waals surface area contributed by atoms with Crippen molar-refractivity contribution in [3.63, 3.8) is 0 Å². The van der Waals surface area contributed by atoms with Crippen LogP contribution in [-0.4, -0.2) is 55.5 Å². The third kappa shape index (κ3) is 5.31. The van der Waals surface area contributed by atoms with E-state index < -0.39 is 16.4 Å². The van der Waals surface area contributed by atoms with Crippen LogP contribution in [0, 0.1) is 5.92 Å². The highest BCUT2D eigenvalue weighted by Gasteiger charge is 2.35. The number of benzene rings is 1. The number of nitrogens with two attached hydrogens (primary N) is 1. The van der Waals surface area contributed by atoms with Crippen LogP contribution in [0.4, 0.5) is 11.6 Å². The summed E-state index contributed by atoms with van der Waals surface area (Å²) in [5.41, 5.74) is 2.45. The molecular weight excluding hydrogens is 422 g/mol. The maximum absolute atomic E-state index is 11.0. The maximum atomic E-state index is 11.0. The van der Waals surface area contributed by atoms with Gasteiger partial charge in [-0.05, 0) is 24.0 Å². The Kier molecular flexibility index (Phi) is 6.39. The monoisotopic (exact) mass is 449 g/mol. The van der Waals surface area contributed by atoms with Crippen LogP contribution in [0.15, 0.2) is 36.7 Å². The number of nitrogens with zero attached hydrogens (tertiary/aromatic N) is 2. The van der Waals surface area contributed by atoms with Crippen molar-refractivity contribution >= 4 is 21.9 Å². The molecule has 1 saturated carbocycles. The number of hydrogen-bond donors (Lipinski definition) is 4. The Bertz CT molecular complexity index is 1020. The standard InChI is InChI=1S/C20H27N5O5S/c1-29-17-7-12-4-2-3-5-15(12)20(17)25-19-9-18(22-11-23-19)24-14-6-13(16(26)8-14)10-30-31(21,27)28/h2-5,9,11,13-14,16-17,20,26H,6-8,10H2,1H3,(H2,21,27,28)(H2,22,23,24,25)/t13-,14+,16-,17-,20?/m0/s1. The minimum absolute atomic E-state index is 0.00772. The molecular formula is C20H27N5O5S. The van der Waals surface area contributed by atoms with Crippen LogP contribution >= 0.6 is 0 Å². The first kappa shape index (κ1) is 21.9. The normalized spacial score (nSPS) is 27.8. The van der Waals surface area contributed by atoms with E-state index in [0.29, 0.717) is 24.5 Å². The molecule has 1 unspecified atom stereocenters. The van der Waals surface area contributed by atoms with Crippen LogP contribution < -0.4 is 15.8 Å². The average molecular weight is 450 g/mol. The minimum atomic E-state index is -4.03. The molecule has 11 heteroatoms. The van der Waals surface area contributed by atoms with E-state index in [9.17, 15) is 13.5 Å². The molecule has 0 amide bonds. The molecule has 2 aliphatic carbocycles. The lowest BCUT2D eigenvalue weighted by molar-refractivity contribution is 0.0959. The molecule has 10 nitrogen and oxygen atoms in total. The van der Waals surface area contributed by atoms with E-state index in [1.54, 1.807) is 7.11 Å². The summed E-state index contributed by atoms with van der Waals surface area (Å²) in [7, 11) is -2.32. The van der Waals surface area contributed by atoms with E-state index in [1.165, 1.54) is 17.5 Å². The summed E-state index contributed by atoms with van der Waals surface area (Å²) in [5.74, 6) is 0.949. The van der Waals surface area contributed by atoms with Crippen molar-refractivity contribution in [2.45, 2.75) is 43.6 Å². The zero-order valence-electron chi connectivity index (χ0n) is 17.1. The van der Waals surface area contributed by atoms with Crippen LogP contribution in [0.25, 0.3) is 0 Å². The molecule has 0 spiro atoms. The molecule has 0 radical (unpaired) electrons. The topological polar surface area (TPSA) is 149 Å². The second kappa shape index (κ2) is 9.05. The summed E-state index contributed by atoms with van der Waals surface area (Å²) in [6.07, 6.45) is 2.62. The highest BCUT2D eigenvalue weighted by molar-refractivity contribution is 7.84. The van der Waals surface area contributed by atoms with Gasteiger partial charge < -0.3 is 20.5 Å². The fourth-order valence-corrected chi connectivity index (χ4v) is 4.78. The van der Waals surface area contributed by atoms with Gasteiger partial charge in [-0.15, -0.1) is 0 Å². The lowest BCUT2D eigenvalue weighted by Crippen LogP contribution is -2.24. The van der Waals surface area contributed by atoms with Crippen LogP contribution in [0.1, 0.15) is 30.0 Å². The van der Waals surface area contributed by atoms with Gasteiger partial charge in [0.2, 0.25) is 0 Å². The Balaban J connectivity index is 1.40. The van der Waals surface area contributed by atoms with Gasteiger partial charge in [-0.3, -0.25) is 4.18 Å². The molecule has 1 fully saturated rings. The molecule has 1 aromatic heterocycles. The first-order valence-corrected chi connectivity index (χ1v) is 11.6. The fourth-order valence-electron chi connectivity index (χ4n) is 4.41. The number of rotatable bonds is 8. The Hall–Kier alpha value is -2.31. The number of methoxy groups -OCH3 is 1. The number of aliphatic hydroxyl groups is 1. The largest absolute Gasteiger partial charge is 0.393 e. The molecule has 31 heavy (non-hydrogen) atoms. The van der Waals surface area contributed by atoms with E-state index in [0.717, 1.165) is 6.42 Å². The van der Waals surface area contributed by atoms with Gasteiger partial charge in [0.1, 0.15) is 18.0 Å². The molecule has 0 aliphatic heterocycles. The minimum Gasteiger partial charge on any atom is -0.393 e. The molecule has 168 valence electrons. The first-order chi connectivity index (χ1) is 14.8. The molecule has 1 aromatic carbocycles. The number of aliphatic hydroxyl groups excluding tert-OH is 1. The summed E-state index contributed by atoms with van der Waals surface area (Å²) in [4.78, 5) is 8.61. The number of hydrogen-bond acceptors (Lipinski definition) is 9.